The van der Waals surface area contributed by atoms with Crippen LogP contribution in [0.25, 0.3) is 0 Å². The van der Waals surface area contributed by atoms with E-state index in [4.69, 9.17) is 16.2 Å². The molecule has 0 amide bonds. The third-order valence-corrected chi connectivity index (χ3v) is 1.52. The number of halogens is 1. The van der Waals surface area contributed by atoms with Crippen molar-refractivity contribution in [3.05, 3.63) is 23.8 Å². The van der Waals surface area contributed by atoms with Crippen LogP contribution < -0.4 is 16.2 Å². The third-order valence-electron chi connectivity index (χ3n) is 1.52. The van der Waals surface area contributed by atoms with Crippen LogP contribution in [0.5, 0.6) is 5.75 Å². The lowest BCUT2D eigenvalue weighted by molar-refractivity contribution is 0.410. The number of methoxy groups -OCH3 is 1. The minimum atomic E-state index is 0. The van der Waals surface area contributed by atoms with Crippen LogP contribution in [0.1, 0.15) is 5.56 Å². The lowest BCUT2D eigenvalue weighted by Gasteiger charge is -2.06. The third kappa shape index (κ3) is 2.29. The molecule has 0 aromatic heterocycles. The van der Waals surface area contributed by atoms with Crippen molar-refractivity contribution >= 4 is 18.1 Å². The number of nitrogen functional groups attached to an aromatic ring is 1. The Morgan fingerprint density at radius 1 is 1.42 bits per heavy atom. The van der Waals surface area contributed by atoms with Crippen LogP contribution in [-0.4, -0.2) is 7.11 Å². The number of rotatable bonds is 2. The second-order valence-corrected chi connectivity index (χ2v) is 2.28. The molecular formula is C8H13ClN2O. The highest BCUT2D eigenvalue weighted by atomic mass is 35.5. The van der Waals surface area contributed by atoms with Crippen LogP contribution in [0.2, 0.25) is 0 Å². The molecule has 0 aliphatic heterocycles. The molecule has 0 radical (unpaired) electrons. The average molecular weight is 189 g/mol. The second-order valence-electron chi connectivity index (χ2n) is 2.28. The van der Waals surface area contributed by atoms with Crippen molar-refractivity contribution in [3.8, 4) is 5.75 Å². The fourth-order valence-corrected chi connectivity index (χ4v) is 0.958. The maximum Gasteiger partial charge on any atom is 0.123 e. The highest BCUT2D eigenvalue weighted by Gasteiger charge is 1.99. The van der Waals surface area contributed by atoms with Gasteiger partial charge in [0.1, 0.15) is 5.75 Å². The first-order valence-electron chi connectivity index (χ1n) is 3.40. The molecule has 0 heterocycles. The summed E-state index contributed by atoms with van der Waals surface area (Å²) in [6, 6.07) is 5.42. The second kappa shape index (κ2) is 4.85. The van der Waals surface area contributed by atoms with E-state index >= 15 is 0 Å². The monoisotopic (exact) mass is 188 g/mol. The van der Waals surface area contributed by atoms with E-state index in [1.807, 2.05) is 12.1 Å². The Hall–Kier alpha value is -0.930. The molecule has 12 heavy (non-hydrogen) atoms. The van der Waals surface area contributed by atoms with Gasteiger partial charge in [-0.2, -0.15) is 0 Å². The van der Waals surface area contributed by atoms with Crippen molar-refractivity contribution in [1.29, 1.82) is 0 Å². The Labute approximate surface area is 78.1 Å². The number of ether oxygens (including phenoxy) is 1. The zero-order valence-corrected chi connectivity index (χ0v) is 7.73. The lowest BCUT2D eigenvalue weighted by Crippen LogP contribution is -2.00. The van der Waals surface area contributed by atoms with Crippen molar-refractivity contribution in [2.45, 2.75) is 6.54 Å². The summed E-state index contributed by atoms with van der Waals surface area (Å²) in [6.45, 7) is 0.453. The Kier molecular flexibility index (Phi) is 4.47. The topological polar surface area (TPSA) is 61.3 Å². The molecule has 1 aromatic carbocycles. The van der Waals surface area contributed by atoms with Crippen molar-refractivity contribution in [1.82, 2.24) is 0 Å². The van der Waals surface area contributed by atoms with Gasteiger partial charge < -0.3 is 16.2 Å². The zero-order chi connectivity index (χ0) is 8.27. The largest absolute Gasteiger partial charge is 0.496 e. The molecule has 0 spiro atoms. The first-order valence-corrected chi connectivity index (χ1v) is 3.40. The zero-order valence-electron chi connectivity index (χ0n) is 6.91. The molecule has 0 aliphatic rings. The Morgan fingerprint density at radius 2 is 2.08 bits per heavy atom. The van der Waals surface area contributed by atoms with Crippen LogP contribution in [-0.2, 0) is 6.54 Å². The van der Waals surface area contributed by atoms with Gasteiger partial charge in [-0.1, -0.05) is 0 Å². The van der Waals surface area contributed by atoms with Crippen LogP contribution in [0.3, 0.4) is 0 Å². The normalized spacial score (nSPS) is 8.83. The number of benzene rings is 1. The molecular weight excluding hydrogens is 176 g/mol. The highest BCUT2D eigenvalue weighted by molar-refractivity contribution is 5.85. The Bertz CT molecular complexity index is 253. The molecule has 0 unspecified atom stereocenters. The van der Waals surface area contributed by atoms with E-state index in [0.29, 0.717) is 12.2 Å². The number of hydrogen-bond acceptors (Lipinski definition) is 3. The molecule has 0 saturated heterocycles. The van der Waals surface area contributed by atoms with Crippen LogP contribution in [0.4, 0.5) is 5.69 Å². The molecule has 0 fully saturated rings. The summed E-state index contributed by atoms with van der Waals surface area (Å²) in [4.78, 5) is 0. The number of anilines is 1. The predicted octanol–water partition coefficient (Wildman–Crippen LogP) is 1.16. The minimum absolute atomic E-state index is 0. The van der Waals surface area contributed by atoms with E-state index < -0.39 is 0 Å². The van der Waals surface area contributed by atoms with E-state index in [1.54, 1.807) is 13.2 Å². The molecule has 68 valence electrons. The molecule has 1 aromatic rings. The summed E-state index contributed by atoms with van der Waals surface area (Å²) in [5.74, 6) is 0.793. The van der Waals surface area contributed by atoms with E-state index in [0.717, 1.165) is 11.3 Å². The Balaban J connectivity index is 0.00000121. The van der Waals surface area contributed by atoms with Gasteiger partial charge in [0.05, 0.1) is 7.11 Å². The number of nitrogens with two attached hydrogens (primary N) is 2. The summed E-state index contributed by atoms with van der Waals surface area (Å²) in [7, 11) is 1.62. The molecule has 4 N–H and O–H groups in total. The minimum Gasteiger partial charge on any atom is -0.496 e. The fraction of sp³-hybridized carbons (Fsp3) is 0.250. The average Bonchev–Trinajstić information content (AvgIpc) is 2.04. The molecule has 0 saturated carbocycles. The van der Waals surface area contributed by atoms with Gasteiger partial charge in [-0.15, -0.1) is 12.4 Å². The molecule has 1 rings (SSSR count). The van der Waals surface area contributed by atoms with Crippen molar-refractivity contribution in [2.24, 2.45) is 5.73 Å². The highest BCUT2D eigenvalue weighted by Crippen LogP contribution is 2.19. The van der Waals surface area contributed by atoms with Gasteiger partial charge in [-0.05, 0) is 18.2 Å². The van der Waals surface area contributed by atoms with Gasteiger partial charge >= 0.3 is 0 Å². The Morgan fingerprint density at radius 3 is 2.58 bits per heavy atom. The van der Waals surface area contributed by atoms with Gasteiger partial charge in [0.25, 0.3) is 0 Å². The van der Waals surface area contributed by atoms with Gasteiger partial charge in [0.15, 0.2) is 0 Å². The number of hydrogen-bond donors (Lipinski definition) is 2. The van der Waals surface area contributed by atoms with E-state index in [9.17, 15) is 0 Å². The van der Waals surface area contributed by atoms with E-state index in [1.165, 1.54) is 0 Å². The summed E-state index contributed by atoms with van der Waals surface area (Å²) >= 11 is 0. The smallest absolute Gasteiger partial charge is 0.123 e. The van der Waals surface area contributed by atoms with Gasteiger partial charge in [-0.25, -0.2) is 0 Å². The SMILES string of the molecule is COc1ccc(N)cc1CN.Cl. The van der Waals surface area contributed by atoms with Gasteiger partial charge in [0, 0.05) is 17.8 Å². The molecule has 0 bridgehead atoms. The van der Waals surface area contributed by atoms with E-state index in [2.05, 4.69) is 0 Å². The fourth-order valence-electron chi connectivity index (χ4n) is 0.958. The van der Waals surface area contributed by atoms with Gasteiger partial charge in [-0.3, -0.25) is 0 Å². The summed E-state index contributed by atoms with van der Waals surface area (Å²) in [6.07, 6.45) is 0. The van der Waals surface area contributed by atoms with Crippen molar-refractivity contribution in [3.63, 3.8) is 0 Å². The molecule has 4 heteroatoms. The van der Waals surface area contributed by atoms with Gasteiger partial charge in [0.2, 0.25) is 0 Å². The predicted molar refractivity (Wildman–Crippen MR) is 52.5 cm³/mol. The molecule has 0 atom stereocenters. The maximum atomic E-state index is 5.55. The van der Waals surface area contributed by atoms with Crippen molar-refractivity contribution < 1.29 is 4.74 Å². The van der Waals surface area contributed by atoms with E-state index in [-0.39, 0.29) is 12.4 Å². The van der Waals surface area contributed by atoms with Crippen LogP contribution in [0, 0.1) is 0 Å². The summed E-state index contributed by atoms with van der Waals surface area (Å²) < 4.78 is 5.06. The molecule has 0 aliphatic carbocycles. The molecule has 3 nitrogen and oxygen atoms in total. The standard InChI is InChI=1S/C8H12N2O.ClH/c1-11-8-3-2-7(10)4-6(8)5-9;/h2-4H,5,9-10H2,1H3;1H. The van der Waals surface area contributed by atoms with Crippen LogP contribution in [0.15, 0.2) is 18.2 Å². The van der Waals surface area contributed by atoms with Crippen LogP contribution >= 0.6 is 12.4 Å². The first-order chi connectivity index (χ1) is 5.27. The first kappa shape index (κ1) is 11.1. The van der Waals surface area contributed by atoms with Crippen molar-refractivity contribution in [2.75, 3.05) is 12.8 Å². The maximum absolute atomic E-state index is 5.55. The summed E-state index contributed by atoms with van der Waals surface area (Å²) in [5.41, 5.74) is 12.7. The summed E-state index contributed by atoms with van der Waals surface area (Å²) in [5, 5.41) is 0. The quantitative estimate of drug-likeness (QED) is 0.685. The lowest BCUT2D eigenvalue weighted by atomic mass is 10.2.